The van der Waals surface area contributed by atoms with Crippen LogP contribution in [0.4, 0.5) is 51.1 Å². The summed E-state index contributed by atoms with van der Waals surface area (Å²) in [6.07, 6.45) is -18.5. The Labute approximate surface area is 227 Å². The van der Waals surface area contributed by atoms with E-state index in [-0.39, 0.29) is 30.1 Å². The first-order valence-electron chi connectivity index (χ1n) is 10.6. The lowest BCUT2D eigenvalue weighted by molar-refractivity contribution is -0.154. The Morgan fingerprint density at radius 1 is 1.08 bits per heavy atom. The first-order chi connectivity index (χ1) is 17.8. The number of hydrogen-bond acceptors (Lipinski definition) is 6. The van der Waals surface area contributed by atoms with E-state index in [4.69, 9.17) is 21.1 Å². The number of carbonyl (C=O) groups is 1. The molecule has 1 unspecified atom stereocenters. The third-order valence-electron chi connectivity index (χ3n) is 4.92. The average molecular weight is 663 g/mol. The molecule has 18 heteroatoms. The fourth-order valence-corrected chi connectivity index (χ4v) is 4.23. The van der Waals surface area contributed by atoms with E-state index in [9.17, 15) is 49.1 Å². The van der Waals surface area contributed by atoms with E-state index in [1.165, 1.54) is 13.8 Å². The lowest BCUT2D eigenvalue weighted by Gasteiger charge is -2.33. The van der Waals surface area contributed by atoms with Gasteiger partial charge in [-0.15, -0.1) is 0 Å². The molecule has 218 valence electrons. The summed E-state index contributed by atoms with van der Waals surface area (Å²) in [6.45, 7) is 1.92. The molecule has 0 aliphatic heterocycles. The number of halogens is 11. The second kappa shape index (κ2) is 11.9. The smallest absolute Gasteiger partial charge is 0.435 e. The van der Waals surface area contributed by atoms with Crippen LogP contribution in [0.25, 0.3) is 0 Å². The molecule has 0 N–H and O–H groups in total. The highest BCUT2D eigenvalue weighted by atomic mass is 79.9. The molecule has 0 saturated carbocycles. The van der Waals surface area contributed by atoms with Gasteiger partial charge in [-0.05, 0) is 41.4 Å². The van der Waals surface area contributed by atoms with E-state index >= 15 is 0 Å². The zero-order valence-electron chi connectivity index (χ0n) is 20.0. The second-order valence-corrected chi connectivity index (χ2v) is 8.76. The number of anilines is 2. The molecule has 1 aromatic carbocycles. The summed E-state index contributed by atoms with van der Waals surface area (Å²) in [5.74, 6) is -2.62. The van der Waals surface area contributed by atoms with Crippen molar-refractivity contribution in [3.05, 3.63) is 48.8 Å². The van der Waals surface area contributed by atoms with Crippen LogP contribution in [0.15, 0.2) is 21.4 Å². The van der Waals surface area contributed by atoms with Gasteiger partial charge in [0.25, 0.3) is 5.56 Å². The minimum Gasteiger partial charge on any atom is -0.463 e. The molecular weight excluding hydrogens is 645 g/mol. The van der Waals surface area contributed by atoms with Gasteiger partial charge in [0, 0.05) is 13.7 Å². The minimum absolute atomic E-state index is 0.0126. The molecule has 0 aliphatic rings. The largest absolute Gasteiger partial charge is 0.463 e. The minimum atomic E-state index is -5.42. The van der Waals surface area contributed by atoms with Crippen molar-refractivity contribution in [2.24, 2.45) is 0 Å². The van der Waals surface area contributed by atoms with E-state index in [1.54, 1.807) is 0 Å². The third kappa shape index (κ3) is 6.98. The lowest BCUT2D eigenvalue weighted by atomic mass is 10.1. The number of alkyl halides is 9. The van der Waals surface area contributed by atoms with Gasteiger partial charge in [0.1, 0.15) is 5.02 Å². The normalized spacial score (nSPS) is 13.4. The summed E-state index contributed by atoms with van der Waals surface area (Å²) in [4.78, 5) is 29.1. The topological polar surface area (TPSA) is 73.7 Å². The van der Waals surface area contributed by atoms with E-state index in [1.807, 2.05) is 0 Å². The van der Waals surface area contributed by atoms with Gasteiger partial charge in [-0.1, -0.05) is 18.5 Å². The quantitative estimate of drug-likeness (QED) is 0.176. The zero-order valence-corrected chi connectivity index (χ0v) is 22.3. The van der Waals surface area contributed by atoms with Gasteiger partial charge >= 0.3 is 24.5 Å². The highest BCUT2D eigenvalue weighted by molar-refractivity contribution is 9.10. The number of methoxy groups -OCH3 is 1. The number of ether oxygens (including phenoxy) is 2. The molecule has 1 heterocycles. The summed E-state index contributed by atoms with van der Waals surface area (Å²) >= 11 is 8.16. The summed E-state index contributed by atoms with van der Waals surface area (Å²) < 4.78 is 133. The van der Waals surface area contributed by atoms with Crippen LogP contribution in [0.5, 0.6) is 0 Å². The Morgan fingerprint density at radius 2 is 1.67 bits per heavy atom. The van der Waals surface area contributed by atoms with Crippen LogP contribution in [0, 0.1) is 0 Å². The summed E-state index contributed by atoms with van der Waals surface area (Å²) in [6, 6.07) is -0.123. The average Bonchev–Trinajstić information content (AvgIpc) is 2.79. The molecule has 1 aromatic heterocycles. The van der Waals surface area contributed by atoms with Crippen LogP contribution < -0.4 is 10.5 Å². The van der Waals surface area contributed by atoms with Crippen molar-refractivity contribution < 1.29 is 53.8 Å². The van der Waals surface area contributed by atoms with Gasteiger partial charge in [-0.25, -0.2) is 9.78 Å². The molecule has 0 aliphatic carbocycles. The van der Waals surface area contributed by atoms with E-state index in [0.29, 0.717) is 4.57 Å². The molecule has 0 bridgehead atoms. The molecular formula is C21H18BrClF9N3O4. The van der Waals surface area contributed by atoms with Gasteiger partial charge in [-0.3, -0.25) is 14.3 Å². The van der Waals surface area contributed by atoms with Crippen molar-refractivity contribution in [3.63, 3.8) is 0 Å². The fraction of sp³-hybridized carbons (Fsp3) is 0.476. The zero-order chi connectivity index (χ0) is 30.1. The van der Waals surface area contributed by atoms with Crippen LogP contribution in [-0.2, 0) is 39.3 Å². The highest BCUT2D eigenvalue weighted by Gasteiger charge is 2.44. The maximum atomic E-state index is 13.8. The van der Waals surface area contributed by atoms with Crippen molar-refractivity contribution in [1.29, 1.82) is 0 Å². The van der Waals surface area contributed by atoms with Gasteiger partial charge in [-0.2, -0.15) is 39.5 Å². The fourth-order valence-electron chi connectivity index (χ4n) is 3.33. The van der Waals surface area contributed by atoms with Crippen LogP contribution in [-0.4, -0.2) is 35.5 Å². The van der Waals surface area contributed by atoms with Crippen molar-refractivity contribution in [2.45, 2.75) is 51.6 Å². The molecule has 0 spiro atoms. The predicted octanol–water partition coefficient (Wildman–Crippen LogP) is 6.80. The molecule has 1 atom stereocenters. The maximum Gasteiger partial charge on any atom is 0.435 e. The van der Waals surface area contributed by atoms with Gasteiger partial charge < -0.3 is 9.47 Å². The third-order valence-corrected chi connectivity index (χ3v) is 6.09. The van der Waals surface area contributed by atoms with E-state index < -0.39 is 80.8 Å². The highest BCUT2D eigenvalue weighted by Crippen LogP contribution is 2.46. The van der Waals surface area contributed by atoms with Gasteiger partial charge in [0.2, 0.25) is 12.2 Å². The predicted molar refractivity (Wildman–Crippen MR) is 123 cm³/mol. The first-order valence-corrected chi connectivity index (χ1v) is 11.8. The van der Waals surface area contributed by atoms with Crippen molar-refractivity contribution in [1.82, 2.24) is 9.55 Å². The van der Waals surface area contributed by atoms with Gasteiger partial charge in [0.05, 0.1) is 27.9 Å². The van der Waals surface area contributed by atoms with Crippen molar-refractivity contribution in [3.8, 4) is 0 Å². The standard InChI is InChI=1S/C21H18BrClF9N3O4/c1-4-6-34-15(36)13(23)14(21(30,31)32)33-18(34)35(16(38-3)17(37)39-5-2)11-8-9(19(24,25)26)7-10(12(11)22)20(27,28)29/h7-8,16H,4-6H2,1-3H3. The van der Waals surface area contributed by atoms with Crippen LogP contribution >= 0.6 is 27.5 Å². The number of aromatic nitrogens is 2. The Morgan fingerprint density at radius 3 is 2.10 bits per heavy atom. The van der Waals surface area contributed by atoms with Crippen LogP contribution in [0.1, 0.15) is 37.1 Å². The summed E-state index contributed by atoms with van der Waals surface area (Å²) in [5.41, 5.74) is -8.47. The number of rotatable bonds is 8. The molecule has 2 rings (SSSR count). The number of hydrogen-bond donors (Lipinski definition) is 0. The van der Waals surface area contributed by atoms with E-state index in [2.05, 4.69) is 20.9 Å². The van der Waals surface area contributed by atoms with Crippen molar-refractivity contribution >= 4 is 45.1 Å². The first kappa shape index (κ1) is 32.7. The Hall–Kier alpha value is -2.53. The Balaban J connectivity index is 3.21. The Kier molecular flexibility index (Phi) is 9.99. The summed E-state index contributed by atoms with van der Waals surface area (Å²) in [5, 5.41) is -1.41. The second-order valence-electron chi connectivity index (χ2n) is 7.59. The molecule has 0 radical (unpaired) electrons. The maximum absolute atomic E-state index is 13.8. The number of carbonyl (C=O) groups excluding carboxylic acids is 1. The van der Waals surface area contributed by atoms with Crippen molar-refractivity contribution in [2.75, 3.05) is 18.6 Å². The van der Waals surface area contributed by atoms with Crippen LogP contribution in [0.2, 0.25) is 5.02 Å². The molecule has 0 fully saturated rings. The molecule has 0 saturated heterocycles. The number of esters is 1. The molecule has 39 heavy (non-hydrogen) atoms. The number of benzene rings is 1. The molecule has 2 aromatic rings. The SMILES string of the molecule is CCCn1c(N(c2cc(C(F)(F)F)cc(C(F)(F)F)c2Br)C(OC)C(=O)OCC)nc(C(F)(F)F)c(Cl)c1=O. The van der Waals surface area contributed by atoms with Gasteiger partial charge in [0.15, 0.2) is 5.69 Å². The molecule has 0 amide bonds. The van der Waals surface area contributed by atoms with Crippen LogP contribution in [0.3, 0.4) is 0 Å². The monoisotopic (exact) mass is 661 g/mol. The molecule has 7 nitrogen and oxygen atoms in total. The Bertz CT molecular complexity index is 1280. The van der Waals surface area contributed by atoms with E-state index in [0.717, 1.165) is 7.11 Å². The lowest BCUT2D eigenvalue weighted by Crippen LogP contribution is -2.45. The number of nitrogens with zero attached hydrogens (tertiary/aromatic N) is 3. The summed E-state index contributed by atoms with van der Waals surface area (Å²) in [7, 11) is 0.781.